The Balaban J connectivity index is 1.59. The number of nitrogens with zero attached hydrogens (tertiary/aromatic N) is 2. The van der Waals surface area contributed by atoms with Crippen LogP contribution < -0.4 is 4.57 Å². The van der Waals surface area contributed by atoms with Gasteiger partial charge in [-0.1, -0.05) is 36.4 Å². The third-order valence-electron chi connectivity index (χ3n) is 6.99. The number of pyridine rings is 2. The monoisotopic (exact) mass is 471 g/mol. The van der Waals surface area contributed by atoms with Crippen LogP contribution in [0.15, 0.2) is 97.3 Å². The van der Waals surface area contributed by atoms with Crippen LogP contribution in [0.25, 0.3) is 42.7 Å². The fourth-order valence-electron chi connectivity index (χ4n) is 5.01. The molecule has 2 nitrogen and oxygen atoms in total. The zero-order valence-corrected chi connectivity index (χ0v) is 21.1. The molecule has 0 spiro atoms. The number of aromatic nitrogens is 2. The molecule has 0 saturated carbocycles. The van der Waals surface area contributed by atoms with Gasteiger partial charge in [-0.15, -0.1) is 11.3 Å². The molecule has 0 amide bonds. The highest BCUT2D eigenvalue weighted by molar-refractivity contribution is 7.26. The van der Waals surface area contributed by atoms with Crippen LogP contribution in [0.3, 0.4) is 0 Å². The van der Waals surface area contributed by atoms with Gasteiger partial charge >= 0.3 is 0 Å². The molecule has 0 aliphatic carbocycles. The second-order valence-corrected chi connectivity index (χ2v) is 10.3. The molecule has 0 atom stereocenters. The van der Waals surface area contributed by atoms with E-state index in [4.69, 9.17) is 4.98 Å². The summed E-state index contributed by atoms with van der Waals surface area (Å²) in [7, 11) is 2.11. The fraction of sp³-hybridized carbons (Fsp3) is 0.125. The van der Waals surface area contributed by atoms with E-state index >= 15 is 0 Å². The third-order valence-corrected chi connectivity index (χ3v) is 8.18. The minimum atomic E-state index is 0.846. The van der Waals surface area contributed by atoms with Crippen LogP contribution in [0.5, 0.6) is 0 Å². The molecule has 35 heavy (non-hydrogen) atoms. The van der Waals surface area contributed by atoms with Crippen LogP contribution in [0.2, 0.25) is 0 Å². The van der Waals surface area contributed by atoms with Gasteiger partial charge in [0.1, 0.15) is 7.05 Å². The van der Waals surface area contributed by atoms with Crippen LogP contribution in [0.4, 0.5) is 0 Å². The Morgan fingerprint density at radius 2 is 1.57 bits per heavy atom. The molecule has 3 heteroatoms. The average Bonchev–Trinajstić information content (AvgIpc) is 3.22. The van der Waals surface area contributed by atoms with Gasteiger partial charge < -0.3 is 0 Å². The molecular weight excluding hydrogens is 444 g/mol. The van der Waals surface area contributed by atoms with Crippen molar-refractivity contribution >= 4 is 31.5 Å². The molecule has 6 aromatic rings. The number of thiophene rings is 1. The van der Waals surface area contributed by atoms with E-state index in [9.17, 15) is 0 Å². The maximum absolute atomic E-state index is 4.80. The van der Waals surface area contributed by atoms with Crippen molar-refractivity contribution < 1.29 is 4.57 Å². The van der Waals surface area contributed by atoms with E-state index in [-0.39, 0.29) is 0 Å². The van der Waals surface area contributed by atoms with E-state index in [1.165, 1.54) is 59.2 Å². The highest BCUT2D eigenvalue weighted by Gasteiger charge is 2.19. The molecule has 0 saturated heterocycles. The average molecular weight is 472 g/mol. The van der Waals surface area contributed by atoms with E-state index in [0.717, 1.165) is 12.1 Å². The summed E-state index contributed by atoms with van der Waals surface area (Å²) in [5.41, 5.74) is 10.1. The zero-order chi connectivity index (χ0) is 23.9. The fourth-order valence-corrected chi connectivity index (χ4v) is 6.37. The number of aryl methyl sites for hydroxylation is 3. The second kappa shape index (κ2) is 8.75. The molecule has 0 radical (unpaired) electrons. The Morgan fingerprint density at radius 1 is 0.771 bits per heavy atom. The lowest BCUT2D eigenvalue weighted by atomic mass is 9.92. The van der Waals surface area contributed by atoms with Gasteiger partial charge in [0.2, 0.25) is 5.69 Å². The minimum absolute atomic E-state index is 0.846. The SMILES string of the molecule is Cc1cc2sc3c(-c4ccccn4)c(Cc4ccccc4-c4cccc[n+]4C)ccc3c2cc1C. The summed E-state index contributed by atoms with van der Waals surface area (Å²) in [5.74, 6) is 0. The molecule has 0 bridgehead atoms. The third kappa shape index (κ3) is 3.82. The van der Waals surface area contributed by atoms with Crippen molar-refractivity contribution in [2.24, 2.45) is 7.05 Å². The predicted molar refractivity (Wildman–Crippen MR) is 148 cm³/mol. The van der Waals surface area contributed by atoms with Crippen molar-refractivity contribution in [2.45, 2.75) is 20.3 Å². The van der Waals surface area contributed by atoms with Crippen molar-refractivity contribution in [3.8, 4) is 22.5 Å². The summed E-state index contributed by atoms with van der Waals surface area (Å²) in [6.45, 7) is 4.40. The topological polar surface area (TPSA) is 16.8 Å². The van der Waals surface area contributed by atoms with E-state index in [2.05, 4.69) is 111 Å². The van der Waals surface area contributed by atoms with Gasteiger partial charge in [-0.3, -0.25) is 4.98 Å². The molecule has 0 aliphatic rings. The first-order valence-corrected chi connectivity index (χ1v) is 12.8. The van der Waals surface area contributed by atoms with Gasteiger partial charge in [0.15, 0.2) is 6.20 Å². The number of hydrogen-bond donors (Lipinski definition) is 0. The molecule has 0 aliphatic heterocycles. The predicted octanol–water partition coefficient (Wildman–Crippen LogP) is 7.82. The molecule has 3 heterocycles. The van der Waals surface area contributed by atoms with Gasteiger partial charge in [-0.05, 0) is 78.9 Å². The summed E-state index contributed by atoms with van der Waals surface area (Å²) in [6, 6.07) is 30.7. The largest absolute Gasteiger partial charge is 0.256 e. The quantitative estimate of drug-likeness (QED) is 0.240. The Labute approximate surface area is 210 Å². The first kappa shape index (κ1) is 21.7. The zero-order valence-electron chi connectivity index (χ0n) is 20.2. The van der Waals surface area contributed by atoms with Gasteiger partial charge in [0, 0.05) is 49.6 Å². The molecule has 170 valence electrons. The van der Waals surface area contributed by atoms with Crippen molar-refractivity contribution in [3.05, 3.63) is 120 Å². The molecule has 0 fully saturated rings. The van der Waals surface area contributed by atoms with Crippen molar-refractivity contribution in [1.29, 1.82) is 0 Å². The number of fused-ring (bicyclic) bond motifs is 3. The number of hydrogen-bond acceptors (Lipinski definition) is 2. The normalized spacial score (nSPS) is 11.4. The van der Waals surface area contributed by atoms with Crippen LogP contribution in [-0.4, -0.2) is 4.98 Å². The Morgan fingerprint density at radius 3 is 2.40 bits per heavy atom. The first-order valence-electron chi connectivity index (χ1n) is 12.0. The maximum atomic E-state index is 4.80. The van der Waals surface area contributed by atoms with Crippen LogP contribution in [-0.2, 0) is 13.5 Å². The smallest absolute Gasteiger partial charge is 0.212 e. The summed E-state index contributed by atoms with van der Waals surface area (Å²) in [5, 5.41) is 2.66. The highest BCUT2D eigenvalue weighted by atomic mass is 32.1. The second-order valence-electron chi connectivity index (χ2n) is 9.26. The van der Waals surface area contributed by atoms with Crippen LogP contribution in [0, 0.1) is 13.8 Å². The molecule has 6 rings (SSSR count). The van der Waals surface area contributed by atoms with Crippen molar-refractivity contribution in [3.63, 3.8) is 0 Å². The Kier molecular flexibility index (Phi) is 5.43. The lowest BCUT2D eigenvalue weighted by Gasteiger charge is -2.13. The molecule has 3 aromatic heterocycles. The van der Waals surface area contributed by atoms with Crippen molar-refractivity contribution in [1.82, 2.24) is 4.98 Å². The minimum Gasteiger partial charge on any atom is -0.256 e. The van der Waals surface area contributed by atoms with Crippen LogP contribution in [0.1, 0.15) is 22.3 Å². The Bertz CT molecular complexity index is 1700. The molecule has 0 unspecified atom stereocenters. The highest BCUT2D eigenvalue weighted by Crippen LogP contribution is 2.42. The first-order chi connectivity index (χ1) is 17.1. The maximum Gasteiger partial charge on any atom is 0.212 e. The Hall–Kier alpha value is -3.82. The van der Waals surface area contributed by atoms with E-state index < -0.39 is 0 Å². The van der Waals surface area contributed by atoms with Crippen molar-refractivity contribution in [2.75, 3.05) is 0 Å². The van der Waals surface area contributed by atoms with E-state index in [1.807, 2.05) is 23.6 Å². The lowest BCUT2D eigenvalue weighted by molar-refractivity contribution is -0.660. The van der Waals surface area contributed by atoms with Gasteiger partial charge in [0.05, 0.1) is 5.69 Å². The van der Waals surface area contributed by atoms with Gasteiger partial charge in [-0.2, -0.15) is 0 Å². The van der Waals surface area contributed by atoms with E-state index in [1.54, 1.807) is 0 Å². The van der Waals surface area contributed by atoms with E-state index in [0.29, 0.717) is 0 Å². The van der Waals surface area contributed by atoms with Gasteiger partial charge in [0.25, 0.3) is 0 Å². The number of rotatable bonds is 4. The molecular formula is C32H27N2S+. The lowest BCUT2D eigenvalue weighted by Crippen LogP contribution is -2.30. The van der Waals surface area contributed by atoms with Gasteiger partial charge in [-0.25, -0.2) is 4.57 Å². The van der Waals surface area contributed by atoms with Crippen LogP contribution >= 0.6 is 11.3 Å². The standard InChI is InChI=1S/C32H27N2S/c1-21-18-27-26-15-14-24(20-23-10-4-5-11-25(23)29-13-7-9-17-34(29)3)31(28-12-6-8-16-33-28)32(26)35-30(27)19-22(21)2/h4-19H,20H2,1-3H3/q+1. The summed E-state index contributed by atoms with van der Waals surface area (Å²) >= 11 is 1.89. The number of benzene rings is 3. The summed E-state index contributed by atoms with van der Waals surface area (Å²) < 4.78 is 4.86. The molecule has 3 aromatic carbocycles. The summed E-state index contributed by atoms with van der Waals surface area (Å²) in [6.07, 6.45) is 4.86. The molecule has 0 N–H and O–H groups in total. The summed E-state index contributed by atoms with van der Waals surface area (Å²) in [4.78, 5) is 4.80.